The predicted octanol–water partition coefficient (Wildman–Crippen LogP) is 10.1. The average Bonchev–Trinajstić information content (AvgIpc) is 2.94. The van der Waals surface area contributed by atoms with Crippen molar-refractivity contribution >= 4 is 11.9 Å². The molecular weight excluding hydrogens is 500 g/mol. The molecule has 0 bridgehead atoms. The number of esters is 2. The minimum absolute atomic E-state index is 0.0600. The summed E-state index contributed by atoms with van der Waals surface area (Å²) in [5.74, 6) is 1.11. The summed E-state index contributed by atoms with van der Waals surface area (Å²) in [6.07, 6.45) is 27.2. The smallest absolute Gasteiger partial charge is 0.306 e. The van der Waals surface area contributed by atoms with Crippen molar-refractivity contribution < 1.29 is 24.2 Å². The summed E-state index contributed by atoms with van der Waals surface area (Å²) in [6.45, 7) is 8.82. The van der Waals surface area contributed by atoms with Gasteiger partial charge in [0.25, 0.3) is 0 Å². The van der Waals surface area contributed by atoms with E-state index in [9.17, 15) is 14.7 Å². The third kappa shape index (κ3) is 28.4. The maximum absolute atomic E-state index is 12.1. The molecule has 0 spiro atoms. The molecule has 0 aliphatic carbocycles. The fraction of sp³-hybridized carbons (Fsp3) is 0.943. The van der Waals surface area contributed by atoms with E-state index in [0.717, 1.165) is 50.4 Å². The topological polar surface area (TPSA) is 72.8 Å². The Balaban J connectivity index is 3.56. The molecular formula is C35H68O5. The minimum Gasteiger partial charge on any atom is -0.462 e. The zero-order valence-corrected chi connectivity index (χ0v) is 27.2. The number of hydrogen-bond donors (Lipinski definition) is 1. The Morgan fingerprint density at radius 2 is 0.975 bits per heavy atom. The molecule has 1 N–H and O–H groups in total. The summed E-state index contributed by atoms with van der Waals surface area (Å²) >= 11 is 0. The number of aliphatic hydroxyl groups excluding tert-OH is 1. The predicted molar refractivity (Wildman–Crippen MR) is 168 cm³/mol. The van der Waals surface area contributed by atoms with Gasteiger partial charge in [-0.2, -0.15) is 0 Å². The van der Waals surface area contributed by atoms with E-state index in [-0.39, 0.29) is 25.2 Å². The van der Waals surface area contributed by atoms with Crippen molar-refractivity contribution in [3.8, 4) is 0 Å². The van der Waals surface area contributed by atoms with Gasteiger partial charge in [-0.05, 0) is 24.7 Å². The molecule has 0 amide bonds. The van der Waals surface area contributed by atoms with Gasteiger partial charge in [0.1, 0.15) is 6.61 Å². The SMILES string of the molecule is CCC(C)CCCCCCCCCCCCC(=O)O[C@@H](CO)COC(=O)CCCCCCCCCCCC(C)C. The van der Waals surface area contributed by atoms with Crippen LogP contribution in [-0.2, 0) is 19.1 Å². The number of hydrogen-bond acceptors (Lipinski definition) is 5. The molecule has 0 fully saturated rings. The molecule has 0 saturated carbocycles. The highest BCUT2D eigenvalue weighted by Gasteiger charge is 2.16. The van der Waals surface area contributed by atoms with E-state index in [0.29, 0.717) is 12.8 Å². The van der Waals surface area contributed by atoms with Gasteiger partial charge in [0, 0.05) is 12.8 Å². The molecule has 0 aromatic carbocycles. The molecule has 0 aromatic heterocycles. The lowest BCUT2D eigenvalue weighted by Gasteiger charge is -2.15. The van der Waals surface area contributed by atoms with Crippen LogP contribution in [0.25, 0.3) is 0 Å². The van der Waals surface area contributed by atoms with Crippen molar-refractivity contribution in [2.45, 2.75) is 188 Å². The first kappa shape index (κ1) is 38.9. The number of unbranched alkanes of at least 4 members (excludes halogenated alkanes) is 17. The second-order valence-corrected chi connectivity index (χ2v) is 12.7. The number of rotatable bonds is 30. The largest absolute Gasteiger partial charge is 0.462 e. The van der Waals surface area contributed by atoms with Gasteiger partial charge in [0.05, 0.1) is 6.61 Å². The fourth-order valence-electron chi connectivity index (χ4n) is 5.07. The van der Waals surface area contributed by atoms with E-state index in [1.807, 2.05) is 0 Å². The van der Waals surface area contributed by atoms with Gasteiger partial charge < -0.3 is 14.6 Å². The minimum atomic E-state index is -0.762. The van der Waals surface area contributed by atoms with Gasteiger partial charge in [-0.1, -0.05) is 156 Å². The first-order valence-electron chi connectivity index (χ1n) is 17.3. The molecule has 0 heterocycles. The van der Waals surface area contributed by atoms with Crippen LogP contribution in [-0.4, -0.2) is 36.4 Å². The molecule has 0 aliphatic rings. The maximum atomic E-state index is 12.1. The van der Waals surface area contributed by atoms with Crippen molar-refractivity contribution in [3.63, 3.8) is 0 Å². The Labute approximate surface area is 248 Å². The summed E-state index contributed by atoms with van der Waals surface area (Å²) in [7, 11) is 0. The number of aliphatic hydroxyl groups is 1. The number of carbonyl (C=O) groups is 2. The zero-order valence-electron chi connectivity index (χ0n) is 27.2. The Bertz CT molecular complexity index is 562. The van der Waals surface area contributed by atoms with Crippen molar-refractivity contribution in [2.75, 3.05) is 13.2 Å². The molecule has 0 rings (SSSR count). The average molecular weight is 569 g/mol. The summed E-state index contributed by atoms with van der Waals surface area (Å²) in [5.41, 5.74) is 0. The van der Waals surface area contributed by atoms with Crippen LogP contribution in [0, 0.1) is 11.8 Å². The highest BCUT2D eigenvalue weighted by Crippen LogP contribution is 2.16. The molecule has 1 unspecified atom stereocenters. The first-order valence-corrected chi connectivity index (χ1v) is 17.3. The van der Waals surface area contributed by atoms with E-state index >= 15 is 0 Å². The molecule has 238 valence electrons. The van der Waals surface area contributed by atoms with Crippen molar-refractivity contribution in [1.82, 2.24) is 0 Å². The van der Waals surface area contributed by atoms with E-state index in [4.69, 9.17) is 9.47 Å². The van der Waals surface area contributed by atoms with E-state index in [2.05, 4.69) is 27.7 Å². The van der Waals surface area contributed by atoms with Crippen LogP contribution in [0.3, 0.4) is 0 Å². The summed E-state index contributed by atoms with van der Waals surface area (Å²) in [4.78, 5) is 24.1. The van der Waals surface area contributed by atoms with Crippen LogP contribution in [0.15, 0.2) is 0 Å². The molecule has 40 heavy (non-hydrogen) atoms. The standard InChI is InChI=1S/C35H68O5/c1-5-32(4)26-22-18-14-10-6-7-11-16-20-24-28-35(38)40-33(29-36)30-39-34(37)27-23-19-15-12-8-9-13-17-21-25-31(2)3/h31-33,36H,5-30H2,1-4H3/t32?,33-/m0/s1. The fourth-order valence-corrected chi connectivity index (χ4v) is 5.07. The van der Waals surface area contributed by atoms with Gasteiger partial charge in [0.2, 0.25) is 0 Å². The highest BCUT2D eigenvalue weighted by molar-refractivity contribution is 5.70. The second-order valence-electron chi connectivity index (χ2n) is 12.7. The Morgan fingerprint density at radius 3 is 1.40 bits per heavy atom. The first-order chi connectivity index (χ1) is 19.4. The Hall–Kier alpha value is -1.10. The summed E-state index contributed by atoms with van der Waals surface area (Å²) < 4.78 is 10.6. The molecule has 0 radical (unpaired) electrons. The molecule has 0 aliphatic heterocycles. The van der Waals surface area contributed by atoms with E-state index in [1.54, 1.807) is 0 Å². The lowest BCUT2D eigenvalue weighted by molar-refractivity contribution is -0.161. The molecule has 0 aromatic rings. The number of ether oxygens (including phenoxy) is 2. The van der Waals surface area contributed by atoms with Crippen LogP contribution in [0.2, 0.25) is 0 Å². The second kappa shape index (κ2) is 29.4. The van der Waals surface area contributed by atoms with E-state index in [1.165, 1.54) is 103 Å². The lowest BCUT2D eigenvalue weighted by atomic mass is 9.99. The van der Waals surface area contributed by atoms with Crippen LogP contribution >= 0.6 is 0 Å². The van der Waals surface area contributed by atoms with Gasteiger partial charge >= 0.3 is 11.9 Å². The Kier molecular flexibility index (Phi) is 28.6. The van der Waals surface area contributed by atoms with Crippen LogP contribution in [0.4, 0.5) is 0 Å². The van der Waals surface area contributed by atoms with Crippen molar-refractivity contribution in [1.29, 1.82) is 0 Å². The third-order valence-corrected chi connectivity index (χ3v) is 8.12. The van der Waals surface area contributed by atoms with Crippen LogP contribution < -0.4 is 0 Å². The molecule has 5 heteroatoms. The number of carbonyl (C=O) groups excluding carboxylic acids is 2. The van der Waals surface area contributed by atoms with E-state index < -0.39 is 6.10 Å². The van der Waals surface area contributed by atoms with Crippen molar-refractivity contribution in [2.24, 2.45) is 11.8 Å². The molecule has 5 nitrogen and oxygen atoms in total. The quantitative estimate of drug-likeness (QED) is 0.0689. The Morgan fingerprint density at radius 1 is 0.575 bits per heavy atom. The maximum Gasteiger partial charge on any atom is 0.306 e. The molecule has 0 saturated heterocycles. The normalized spacial score (nSPS) is 12.9. The molecule has 2 atom stereocenters. The summed E-state index contributed by atoms with van der Waals surface area (Å²) in [5, 5.41) is 9.50. The van der Waals surface area contributed by atoms with Crippen LogP contribution in [0.5, 0.6) is 0 Å². The van der Waals surface area contributed by atoms with Crippen molar-refractivity contribution in [3.05, 3.63) is 0 Å². The lowest BCUT2D eigenvalue weighted by Crippen LogP contribution is -2.28. The van der Waals surface area contributed by atoms with Gasteiger partial charge in [-0.25, -0.2) is 0 Å². The van der Waals surface area contributed by atoms with Gasteiger partial charge in [-0.3, -0.25) is 9.59 Å². The zero-order chi connectivity index (χ0) is 29.7. The summed E-state index contributed by atoms with van der Waals surface area (Å²) in [6, 6.07) is 0. The van der Waals surface area contributed by atoms with Gasteiger partial charge in [-0.15, -0.1) is 0 Å². The van der Waals surface area contributed by atoms with Gasteiger partial charge in [0.15, 0.2) is 6.10 Å². The highest BCUT2D eigenvalue weighted by atomic mass is 16.6. The monoisotopic (exact) mass is 569 g/mol. The van der Waals surface area contributed by atoms with Crippen LogP contribution in [0.1, 0.15) is 182 Å². The third-order valence-electron chi connectivity index (χ3n) is 8.12.